The van der Waals surface area contributed by atoms with Crippen LogP contribution >= 0.6 is 11.6 Å². The van der Waals surface area contributed by atoms with Crippen molar-refractivity contribution in [2.24, 2.45) is 11.1 Å². The summed E-state index contributed by atoms with van der Waals surface area (Å²) in [7, 11) is 0. The molecule has 0 aliphatic rings. The fourth-order valence-electron chi connectivity index (χ4n) is 1.70. The van der Waals surface area contributed by atoms with Crippen LogP contribution in [0, 0.1) is 11.2 Å². The molecule has 0 saturated carbocycles. The molecular weight excluding hydrogens is 255 g/mol. The number of nitrogens with one attached hydrogen (secondary N) is 1. The van der Waals surface area contributed by atoms with Crippen LogP contribution in [0.1, 0.15) is 26.3 Å². The average Bonchev–Trinajstić information content (AvgIpc) is 2.21. The number of carbonyl (C=O) groups is 1. The molecule has 100 valence electrons. The van der Waals surface area contributed by atoms with Gasteiger partial charge in [-0.05, 0) is 23.1 Å². The number of carbonyl (C=O) groups excluding carboxylic acids is 1. The number of rotatable bonds is 4. The SMILES string of the molecule is CC(C)(C)C(NCc1ccc(Cl)c(F)c1)C(N)=O. The maximum Gasteiger partial charge on any atom is 0.235 e. The number of nitrogens with two attached hydrogens (primary N) is 1. The molecule has 0 aliphatic carbocycles. The summed E-state index contributed by atoms with van der Waals surface area (Å²) in [5.74, 6) is -0.890. The van der Waals surface area contributed by atoms with Gasteiger partial charge in [0.15, 0.2) is 0 Å². The van der Waals surface area contributed by atoms with Gasteiger partial charge in [-0.1, -0.05) is 38.4 Å². The van der Waals surface area contributed by atoms with E-state index in [1.54, 1.807) is 6.07 Å². The predicted molar refractivity (Wildman–Crippen MR) is 70.7 cm³/mol. The number of primary amides is 1. The van der Waals surface area contributed by atoms with Gasteiger partial charge in [0.1, 0.15) is 5.82 Å². The van der Waals surface area contributed by atoms with Gasteiger partial charge >= 0.3 is 0 Å². The van der Waals surface area contributed by atoms with Gasteiger partial charge in [0.2, 0.25) is 5.91 Å². The molecule has 18 heavy (non-hydrogen) atoms. The highest BCUT2D eigenvalue weighted by Crippen LogP contribution is 2.20. The van der Waals surface area contributed by atoms with E-state index in [9.17, 15) is 9.18 Å². The standard InChI is InChI=1S/C13H18ClFN2O/c1-13(2,3)11(12(16)18)17-7-8-4-5-9(14)10(15)6-8/h4-6,11,17H,7H2,1-3H3,(H2,16,18). The van der Waals surface area contributed by atoms with Gasteiger partial charge in [-0.15, -0.1) is 0 Å². The van der Waals surface area contributed by atoms with E-state index in [0.29, 0.717) is 12.1 Å². The molecule has 5 heteroatoms. The van der Waals surface area contributed by atoms with Crippen LogP contribution in [-0.4, -0.2) is 11.9 Å². The van der Waals surface area contributed by atoms with Crippen molar-refractivity contribution in [2.75, 3.05) is 0 Å². The highest BCUT2D eigenvalue weighted by atomic mass is 35.5. The molecule has 0 saturated heterocycles. The second-order valence-corrected chi connectivity index (χ2v) is 5.74. The lowest BCUT2D eigenvalue weighted by atomic mass is 9.86. The molecule has 0 bridgehead atoms. The van der Waals surface area contributed by atoms with Crippen molar-refractivity contribution in [3.8, 4) is 0 Å². The molecule has 1 aromatic rings. The molecule has 0 radical (unpaired) electrons. The molecule has 0 aliphatic heterocycles. The minimum Gasteiger partial charge on any atom is -0.368 e. The number of benzene rings is 1. The third-order valence-electron chi connectivity index (χ3n) is 2.64. The van der Waals surface area contributed by atoms with Crippen molar-refractivity contribution in [3.63, 3.8) is 0 Å². The highest BCUT2D eigenvalue weighted by Gasteiger charge is 2.28. The summed E-state index contributed by atoms with van der Waals surface area (Å²) < 4.78 is 13.2. The zero-order chi connectivity index (χ0) is 13.9. The zero-order valence-corrected chi connectivity index (χ0v) is 11.5. The van der Waals surface area contributed by atoms with Crippen LogP contribution < -0.4 is 11.1 Å². The lowest BCUT2D eigenvalue weighted by Gasteiger charge is -2.28. The Kier molecular flexibility index (Phi) is 4.71. The smallest absolute Gasteiger partial charge is 0.235 e. The van der Waals surface area contributed by atoms with Crippen LogP contribution in [-0.2, 0) is 11.3 Å². The fraction of sp³-hybridized carbons (Fsp3) is 0.462. The Morgan fingerprint density at radius 2 is 2.11 bits per heavy atom. The average molecular weight is 273 g/mol. The highest BCUT2D eigenvalue weighted by molar-refractivity contribution is 6.30. The zero-order valence-electron chi connectivity index (χ0n) is 10.8. The third-order valence-corrected chi connectivity index (χ3v) is 2.95. The van der Waals surface area contributed by atoms with Crippen LogP contribution in [0.2, 0.25) is 5.02 Å². The first-order valence-electron chi connectivity index (χ1n) is 5.68. The second kappa shape index (κ2) is 5.67. The van der Waals surface area contributed by atoms with E-state index < -0.39 is 17.8 Å². The molecule has 1 unspecified atom stereocenters. The first-order chi connectivity index (χ1) is 8.21. The normalized spacial score (nSPS) is 13.4. The minimum atomic E-state index is -0.476. The molecule has 0 aromatic heterocycles. The molecule has 1 rings (SSSR count). The van der Waals surface area contributed by atoms with E-state index in [1.807, 2.05) is 20.8 Å². The summed E-state index contributed by atoms with van der Waals surface area (Å²) in [6.45, 7) is 6.10. The van der Waals surface area contributed by atoms with Crippen molar-refractivity contribution in [3.05, 3.63) is 34.6 Å². The first kappa shape index (κ1) is 14.9. The van der Waals surface area contributed by atoms with Crippen LogP contribution in [0.25, 0.3) is 0 Å². The monoisotopic (exact) mass is 272 g/mol. The van der Waals surface area contributed by atoms with E-state index in [-0.39, 0.29) is 10.4 Å². The quantitative estimate of drug-likeness (QED) is 0.885. The predicted octanol–water partition coefficient (Wildman–Crippen LogP) is 2.47. The molecular formula is C13H18ClFN2O. The molecule has 1 aromatic carbocycles. The molecule has 3 N–H and O–H groups in total. The Bertz CT molecular complexity index is 443. The van der Waals surface area contributed by atoms with Gasteiger partial charge in [-0.2, -0.15) is 0 Å². The fourth-order valence-corrected chi connectivity index (χ4v) is 1.82. The lowest BCUT2D eigenvalue weighted by Crippen LogP contribution is -2.49. The maximum absolute atomic E-state index is 13.2. The number of hydrogen-bond acceptors (Lipinski definition) is 2. The Morgan fingerprint density at radius 1 is 1.50 bits per heavy atom. The first-order valence-corrected chi connectivity index (χ1v) is 6.06. The Labute approximate surface area is 112 Å². The van der Waals surface area contributed by atoms with Gasteiger partial charge in [0, 0.05) is 6.54 Å². The summed E-state index contributed by atoms with van der Waals surface area (Å²) in [6, 6.07) is 4.07. The Morgan fingerprint density at radius 3 is 2.56 bits per heavy atom. The van der Waals surface area contributed by atoms with E-state index in [0.717, 1.165) is 0 Å². The molecule has 0 spiro atoms. The number of amides is 1. The minimum absolute atomic E-state index is 0.0843. The van der Waals surface area contributed by atoms with E-state index in [2.05, 4.69) is 5.32 Å². The topological polar surface area (TPSA) is 55.1 Å². The van der Waals surface area contributed by atoms with E-state index >= 15 is 0 Å². The van der Waals surface area contributed by atoms with Crippen molar-refractivity contribution in [2.45, 2.75) is 33.4 Å². The summed E-state index contributed by atoms with van der Waals surface area (Å²) in [4.78, 5) is 11.4. The largest absolute Gasteiger partial charge is 0.368 e. The maximum atomic E-state index is 13.2. The molecule has 1 amide bonds. The molecule has 3 nitrogen and oxygen atoms in total. The van der Waals surface area contributed by atoms with Gasteiger partial charge in [-0.3, -0.25) is 4.79 Å². The van der Waals surface area contributed by atoms with Gasteiger partial charge < -0.3 is 11.1 Å². The van der Waals surface area contributed by atoms with Crippen LogP contribution in [0.3, 0.4) is 0 Å². The van der Waals surface area contributed by atoms with Crippen LogP contribution in [0.4, 0.5) is 4.39 Å². The Balaban J connectivity index is 2.73. The summed E-state index contributed by atoms with van der Waals surface area (Å²) in [5.41, 5.74) is 5.76. The second-order valence-electron chi connectivity index (χ2n) is 5.33. The number of hydrogen-bond donors (Lipinski definition) is 2. The van der Waals surface area contributed by atoms with Crippen molar-refractivity contribution in [1.82, 2.24) is 5.32 Å². The van der Waals surface area contributed by atoms with E-state index in [4.69, 9.17) is 17.3 Å². The molecule has 0 fully saturated rings. The Hall–Kier alpha value is -1.13. The van der Waals surface area contributed by atoms with Gasteiger partial charge in [0.25, 0.3) is 0 Å². The van der Waals surface area contributed by atoms with Crippen molar-refractivity contribution < 1.29 is 9.18 Å². The summed E-state index contributed by atoms with van der Waals surface area (Å²) in [5, 5.41) is 3.12. The number of halogens is 2. The van der Waals surface area contributed by atoms with Crippen molar-refractivity contribution >= 4 is 17.5 Å². The van der Waals surface area contributed by atoms with E-state index in [1.165, 1.54) is 12.1 Å². The van der Waals surface area contributed by atoms with Crippen molar-refractivity contribution in [1.29, 1.82) is 0 Å². The molecule has 1 atom stereocenters. The summed E-state index contributed by atoms with van der Waals surface area (Å²) in [6.07, 6.45) is 0. The summed E-state index contributed by atoms with van der Waals surface area (Å²) >= 11 is 5.60. The van der Waals surface area contributed by atoms with Gasteiger partial charge in [-0.25, -0.2) is 4.39 Å². The lowest BCUT2D eigenvalue weighted by molar-refractivity contribution is -0.122. The third kappa shape index (κ3) is 3.96. The van der Waals surface area contributed by atoms with Gasteiger partial charge in [0.05, 0.1) is 11.1 Å². The van der Waals surface area contributed by atoms with Crippen LogP contribution in [0.15, 0.2) is 18.2 Å². The molecule has 0 heterocycles. The van der Waals surface area contributed by atoms with Crippen LogP contribution in [0.5, 0.6) is 0 Å².